The first kappa shape index (κ1) is 43.5. The van der Waals surface area contributed by atoms with E-state index in [0.717, 1.165) is 17.1 Å². The zero-order chi connectivity index (χ0) is 49.2. The molecule has 348 valence electrons. The van der Waals surface area contributed by atoms with Crippen molar-refractivity contribution in [2.24, 2.45) is 0 Å². The third kappa shape index (κ3) is 6.78. The molecule has 0 aromatic heterocycles. The molecule has 1 nitrogen and oxygen atoms in total. The number of nitrogens with zero attached hydrogens (tertiary/aromatic N) is 1. The Morgan fingerprint density at radius 2 is 0.676 bits per heavy atom. The minimum atomic E-state index is -0.469. The summed E-state index contributed by atoms with van der Waals surface area (Å²) in [6.45, 7) is 2.40. The highest BCUT2D eigenvalue weighted by atomic mass is 15.1. The van der Waals surface area contributed by atoms with Crippen LogP contribution in [0.1, 0.15) is 45.9 Å². The maximum absolute atomic E-state index is 2.46. The molecular formula is C73H51N. The molecule has 1 heteroatoms. The molecule has 0 aliphatic heterocycles. The molecule has 0 amide bonds. The van der Waals surface area contributed by atoms with Crippen LogP contribution in [0.4, 0.5) is 17.1 Å². The molecule has 12 aromatic rings. The van der Waals surface area contributed by atoms with Crippen molar-refractivity contribution in [1.29, 1.82) is 0 Å². The Hall–Kier alpha value is -9.30. The topological polar surface area (TPSA) is 3.24 Å². The van der Waals surface area contributed by atoms with Gasteiger partial charge in [-0.15, -0.1) is 0 Å². The first-order valence-corrected chi connectivity index (χ1v) is 25.8. The van der Waals surface area contributed by atoms with Gasteiger partial charge in [-0.3, -0.25) is 0 Å². The van der Waals surface area contributed by atoms with Crippen LogP contribution in [-0.4, -0.2) is 0 Å². The van der Waals surface area contributed by atoms with Gasteiger partial charge in [0.25, 0.3) is 0 Å². The van der Waals surface area contributed by atoms with Crippen molar-refractivity contribution >= 4 is 27.8 Å². The van der Waals surface area contributed by atoms with Crippen molar-refractivity contribution < 1.29 is 0 Å². The Balaban J connectivity index is 0.905. The van der Waals surface area contributed by atoms with Crippen LogP contribution in [0.2, 0.25) is 0 Å². The molecule has 2 aliphatic carbocycles. The fourth-order valence-electron chi connectivity index (χ4n) is 12.7. The van der Waals surface area contributed by atoms with Crippen LogP contribution in [0.3, 0.4) is 0 Å². The molecule has 12 aromatic carbocycles. The third-order valence-corrected chi connectivity index (χ3v) is 16.2. The molecule has 1 unspecified atom stereocenters. The van der Waals surface area contributed by atoms with Crippen LogP contribution in [0, 0.1) is 0 Å². The van der Waals surface area contributed by atoms with Crippen molar-refractivity contribution in [3.63, 3.8) is 0 Å². The zero-order valence-corrected chi connectivity index (χ0v) is 41.2. The summed E-state index contributed by atoms with van der Waals surface area (Å²) < 4.78 is 0. The first-order chi connectivity index (χ1) is 36.6. The minimum Gasteiger partial charge on any atom is -0.310 e. The number of benzene rings is 12. The van der Waals surface area contributed by atoms with Gasteiger partial charge < -0.3 is 4.90 Å². The number of hydrogen-bond donors (Lipinski definition) is 0. The molecule has 0 fully saturated rings. The average Bonchev–Trinajstić information content (AvgIpc) is 3.94. The third-order valence-electron chi connectivity index (χ3n) is 16.2. The van der Waals surface area contributed by atoms with E-state index in [1.54, 1.807) is 0 Å². The summed E-state index contributed by atoms with van der Waals surface area (Å²) >= 11 is 0. The molecule has 0 saturated carbocycles. The van der Waals surface area contributed by atoms with E-state index in [1.807, 2.05) is 0 Å². The maximum atomic E-state index is 2.46. The molecule has 0 bridgehead atoms. The monoisotopic (exact) mass is 941 g/mol. The summed E-state index contributed by atoms with van der Waals surface area (Å²) in [5, 5.41) is 2.49. The molecule has 1 atom stereocenters. The van der Waals surface area contributed by atoms with Gasteiger partial charge >= 0.3 is 0 Å². The molecule has 14 rings (SSSR count). The normalized spacial score (nSPS) is 14.7. The number of hydrogen-bond acceptors (Lipinski definition) is 1. The highest BCUT2D eigenvalue weighted by Crippen LogP contribution is 2.57. The smallest absolute Gasteiger partial charge is 0.0713 e. The van der Waals surface area contributed by atoms with Crippen LogP contribution >= 0.6 is 0 Å². The van der Waals surface area contributed by atoms with Crippen molar-refractivity contribution in [1.82, 2.24) is 0 Å². The highest BCUT2D eigenvalue weighted by Gasteiger charge is 2.46. The minimum absolute atomic E-state index is 0.311. The second-order valence-electron chi connectivity index (χ2n) is 20.1. The van der Waals surface area contributed by atoms with Crippen molar-refractivity contribution in [2.75, 3.05) is 4.90 Å². The van der Waals surface area contributed by atoms with Gasteiger partial charge in [-0.25, -0.2) is 0 Å². The Kier molecular flexibility index (Phi) is 10.3. The van der Waals surface area contributed by atoms with Crippen LogP contribution in [0.25, 0.3) is 66.4 Å². The summed E-state index contributed by atoms with van der Waals surface area (Å²) in [6, 6.07) is 108. The van der Waals surface area contributed by atoms with Gasteiger partial charge in [0, 0.05) is 22.4 Å². The fraction of sp³-hybridized carbons (Fsp3) is 0.0411. The number of rotatable bonds is 9. The van der Waals surface area contributed by atoms with Gasteiger partial charge in [0.15, 0.2) is 0 Å². The maximum Gasteiger partial charge on any atom is 0.0713 e. The van der Waals surface area contributed by atoms with E-state index < -0.39 is 5.41 Å². The predicted molar refractivity (Wildman–Crippen MR) is 310 cm³/mol. The van der Waals surface area contributed by atoms with Crippen molar-refractivity contribution in [3.8, 4) is 55.6 Å². The molecular weight excluding hydrogens is 891 g/mol. The lowest BCUT2D eigenvalue weighted by atomic mass is 9.67. The molecule has 74 heavy (non-hydrogen) atoms. The van der Waals surface area contributed by atoms with Crippen LogP contribution < -0.4 is 4.90 Å². The second kappa shape index (κ2) is 17.5. The summed E-state index contributed by atoms with van der Waals surface area (Å²) in [6.07, 6.45) is 0. The van der Waals surface area contributed by atoms with Gasteiger partial charge in [0.2, 0.25) is 0 Å². The van der Waals surface area contributed by atoms with E-state index in [-0.39, 0.29) is 5.41 Å². The number of para-hydroxylation sites is 1. The molecule has 2 aliphatic rings. The van der Waals surface area contributed by atoms with Gasteiger partial charge in [0.05, 0.1) is 11.1 Å². The van der Waals surface area contributed by atoms with E-state index in [2.05, 4.69) is 303 Å². The molecule has 0 saturated heterocycles. The highest BCUT2D eigenvalue weighted by molar-refractivity contribution is 5.94. The molecule has 0 N–H and O–H groups in total. The van der Waals surface area contributed by atoms with E-state index in [0.29, 0.717) is 0 Å². The second-order valence-corrected chi connectivity index (χ2v) is 20.1. The quantitative estimate of drug-likeness (QED) is 0.139. The van der Waals surface area contributed by atoms with Gasteiger partial charge in [-0.2, -0.15) is 0 Å². The summed E-state index contributed by atoms with van der Waals surface area (Å²) in [7, 11) is 0. The SMILES string of the molecule is CC1(c2ccccc2)c2ccccc2-c2ccc(-c3ccccc3N(c3ccc(-c4ccc5c(c4)C(c4ccccc4)(c4ccccc4)c4ccccc4-5)cc3)c3ccc(-c4ccc5ccccc5c4)cc3)cc21. The van der Waals surface area contributed by atoms with E-state index in [1.165, 1.54) is 105 Å². The Labute approximate surface area is 434 Å². The van der Waals surface area contributed by atoms with Crippen LogP contribution in [0.15, 0.2) is 291 Å². The average molecular weight is 942 g/mol. The predicted octanol–water partition coefficient (Wildman–Crippen LogP) is 19.0. The Morgan fingerprint density at radius 3 is 1.31 bits per heavy atom. The van der Waals surface area contributed by atoms with Gasteiger partial charge in [-0.1, -0.05) is 243 Å². The summed E-state index contributed by atoms with van der Waals surface area (Å²) in [5.41, 5.74) is 23.9. The largest absolute Gasteiger partial charge is 0.310 e. The van der Waals surface area contributed by atoms with E-state index >= 15 is 0 Å². The fourth-order valence-corrected chi connectivity index (χ4v) is 12.7. The van der Waals surface area contributed by atoms with E-state index in [9.17, 15) is 0 Å². The Bertz CT molecular complexity index is 4020. The zero-order valence-electron chi connectivity index (χ0n) is 41.2. The van der Waals surface area contributed by atoms with Gasteiger partial charge in [0.1, 0.15) is 0 Å². The van der Waals surface area contributed by atoms with Crippen LogP contribution in [-0.2, 0) is 10.8 Å². The number of fused-ring (bicyclic) bond motifs is 7. The van der Waals surface area contributed by atoms with Crippen molar-refractivity contribution in [3.05, 3.63) is 330 Å². The van der Waals surface area contributed by atoms with Crippen LogP contribution in [0.5, 0.6) is 0 Å². The number of anilines is 3. The lowest BCUT2D eigenvalue weighted by Gasteiger charge is -2.34. The molecule has 0 radical (unpaired) electrons. The molecule has 0 spiro atoms. The summed E-state index contributed by atoms with van der Waals surface area (Å²) in [4.78, 5) is 2.44. The lowest BCUT2D eigenvalue weighted by molar-refractivity contribution is 0.714. The molecule has 0 heterocycles. The Morgan fingerprint density at radius 1 is 0.257 bits per heavy atom. The summed E-state index contributed by atoms with van der Waals surface area (Å²) in [5.74, 6) is 0. The standard InChI is InChI=1S/C73H51N/c1-72(57-21-5-2-6-22-57)67-30-16-13-28-63(67)65-46-40-56(49-69(65)72)62-27-15-18-32-71(62)74(60-41-35-51(36-42-60)54-34-33-50-19-11-12-20-53(50)47-54)61-43-37-52(38-44-61)55-39-45-66-64-29-14-17-31-68(64)73(70(66)48-55,58-23-7-3-8-24-58)59-25-9-4-10-26-59/h2-49H,1H3. The van der Waals surface area contributed by atoms with Gasteiger partial charge in [-0.05, 0) is 155 Å². The lowest BCUT2D eigenvalue weighted by Crippen LogP contribution is -2.28. The van der Waals surface area contributed by atoms with E-state index in [4.69, 9.17) is 0 Å². The first-order valence-electron chi connectivity index (χ1n) is 25.8. The van der Waals surface area contributed by atoms with Crippen molar-refractivity contribution in [2.45, 2.75) is 17.8 Å².